The molecule has 2 aromatic rings. The SMILES string of the molecule is O=S1(=O)NCCCNc2nc(ncc2N2CCOCC2)Nc2cccc1c2. The number of nitrogens with zero attached hydrogens (tertiary/aromatic N) is 3. The number of nitrogens with one attached hydrogen (secondary N) is 3. The standard InChI is InChI=1S/C17H22N6O3S/c24-27(25)14-4-1-3-13(11-14)21-17-19-12-15(23-7-9-26-10-8-23)16(22-17)18-5-2-6-20-27/h1,3-4,11-12,20H,2,5-10H2,(H2,18,19,21,22). The van der Waals surface area contributed by atoms with E-state index in [1.165, 1.54) is 0 Å². The van der Waals surface area contributed by atoms with Crippen LogP contribution in [0.25, 0.3) is 0 Å². The highest BCUT2D eigenvalue weighted by molar-refractivity contribution is 7.89. The molecule has 0 saturated carbocycles. The van der Waals surface area contributed by atoms with E-state index in [9.17, 15) is 8.42 Å². The minimum Gasteiger partial charge on any atom is -0.378 e. The van der Waals surface area contributed by atoms with Gasteiger partial charge in [-0.15, -0.1) is 0 Å². The molecule has 3 heterocycles. The van der Waals surface area contributed by atoms with Crippen LogP contribution in [-0.2, 0) is 14.8 Å². The number of fused-ring (bicyclic) bond motifs is 4. The Balaban J connectivity index is 1.68. The average Bonchev–Trinajstić information content (AvgIpc) is 2.68. The van der Waals surface area contributed by atoms with Crippen molar-refractivity contribution in [2.75, 3.05) is 54.9 Å². The van der Waals surface area contributed by atoms with Crippen molar-refractivity contribution >= 4 is 33.2 Å². The van der Waals surface area contributed by atoms with Crippen LogP contribution in [0.5, 0.6) is 0 Å². The number of anilines is 4. The molecule has 3 N–H and O–H groups in total. The van der Waals surface area contributed by atoms with Gasteiger partial charge < -0.3 is 20.3 Å². The highest BCUT2D eigenvalue weighted by atomic mass is 32.2. The van der Waals surface area contributed by atoms with Crippen LogP contribution < -0.4 is 20.3 Å². The number of sulfonamides is 1. The van der Waals surface area contributed by atoms with E-state index in [0.717, 1.165) is 24.6 Å². The summed E-state index contributed by atoms with van der Waals surface area (Å²) in [6.07, 6.45) is 2.43. The minimum atomic E-state index is -3.54. The summed E-state index contributed by atoms with van der Waals surface area (Å²) in [5.41, 5.74) is 1.54. The molecule has 0 radical (unpaired) electrons. The maximum Gasteiger partial charge on any atom is 0.240 e. The van der Waals surface area contributed by atoms with Crippen LogP contribution in [0.1, 0.15) is 6.42 Å². The van der Waals surface area contributed by atoms with Gasteiger partial charge in [-0.2, -0.15) is 4.98 Å². The van der Waals surface area contributed by atoms with Gasteiger partial charge in [0.25, 0.3) is 0 Å². The molecule has 0 amide bonds. The molecule has 1 aromatic carbocycles. The topological polar surface area (TPSA) is 108 Å². The maximum atomic E-state index is 12.4. The predicted octanol–water partition coefficient (Wildman–Crippen LogP) is 1.15. The Morgan fingerprint density at radius 2 is 2.00 bits per heavy atom. The number of aromatic nitrogens is 2. The molecular weight excluding hydrogens is 368 g/mol. The van der Waals surface area contributed by atoms with E-state index < -0.39 is 10.0 Å². The van der Waals surface area contributed by atoms with Crippen LogP contribution >= 0.6 is 0 Å². The van der Waals surface area contributed by atoms with Gasteiger partial charge in [0.15, 0.2) is 5.82 Å². The third-order valence-electron chi connectivity index (χ3n) is 4.46. The molecule has 144 valence electrons. The number of hydrogen-bond donors (Lipinski definition) is 3. The van der Waals surface area contributed by atoms with Crippen molar-refractivity contribution in [1.82, 2.24) is 14.7 Å². The van der Waals surface area contributed by atoms with Gasteiger partial charge in [-0.3, -0.25) is 0 Å². The summed E-state index contributed by atoms with van der Waals surface area (Å²) < 4.78 is 32.9. The lowest BCUT2D eigenvalue weighted by Gasteiger charge is -2.30. The van der Waals surface area contributed by atoms with Crippen LogP contribution in [-0.4, -0.2) is 57.8 Å². The molecule has 1 fully saturated rings. The van der Waals surface area contributed by atoms with Gasteiger partial charge in [0, 0.05) is 31.9 Å². The first-order chi connectivity index (χ1) is 13.1. The third-order valence-corrected chi connectivity index (χ3v) is 5.92. The van der Waals surface area contributed by atoms with Crippen molar-refractivity contribution < 1.29 is 13.2 Å². The molecule has 27 heavy (non-hydrogen) atoms. The smallest absolute Gasteiger partial charge is 0.240 e. The maximum absolute atomic E-state index is 12.4. The molecule has 2 aliphatic rings. The zero-order valence-electron chi connectivity index (χ0n) is 14.8. The van der Waals surface area contributed by atoms with E-state index in [4.69, 9.17) is 4.74 Å². The number of ether oxygens (including phenoxy) is 1. The Morgan fingerprint density at radius 1 is 1.15 bits per heavy atom. The van der Waals surface area contributed by atoms with Crippen molar-refractivity contribution in [1.29, 1.82) is 0 Å². The second kappa shape index (κ2) is 7.67. The number of benzene rings is 1. The van der Waals surface area contributed by atoms with E-state index in [0.29, 0.717) is 44.4 Å². The first kappa shape index (κ1) is 18.0. The van der Waals surface area contributed by atoms with Crippen LogP contribution in [0.15, 0.2) is 35.4 Å². The van der Waals surface area contributed by atoms with E-state index in [2.05, 4.69) is 30.2 Å². The normalized spacial score (nSPS) is 19.6. The quantitative estimate of drug-likeness (QED) is 0.666. The summed E-state index contributed by atoms with van der Waals surface area (Å²) in [7, 11) is -3.54. The Hall–Kier alpha value is -2.43. The zero-order valence-corrected chi connectivity index (χ0v) is 15.6. The van der Waals surface area contributed by atoms with Crippen LogP contribution in [0.3, 0.4) is 0 Å². The van der Waals surface area contributed by atoms with Gasteiger partial charge in [0.05, 0.1) is 30.0 Å². The molecule has 9 nitrogen and oxygen atoms in total. The van der Waals surface area contributed by atoms with Gasteiger partial charge in [0.2, 0.25) is 16.0 Å². The molecule has 0 unspecified atom stereocenters. The first-order valence-electron chi connectivity index (χ1n) is 8.92. The van der Waals surface area contributed by atoms with E-state index in [1.54, 1.807) is 30.5 Å². The molecule has 0 aliphatic carbocycles. The number of hydrogen-bond acceptors (Lipinski definition) is 8. The predicted molar refractivity (Wildman–Crippen MR) is 103 cm³/mol. The fraction of sp³-hybridized carbons (Fsp3) is 0.412. The fourth-order valence-electron chi connectivity index (χ4n) is 3.06. The van der Waals surface area contributed by atoms with Crippen molar-refractivity contribution in [2.24, 2.45) is 0 Å². The van der Waals surface area contributed by atoms with Gasteiger partial charge >= 0.3 is 0 Å². The molecule has 0 spiro atoms. The van der Waals surface area contributed by atoms with E-state index in [1.807, 2.05) is 0 Å². The third kappa shape index (κ3) is 4.12. The number of rotatable bonds is 1. The van der Waals surface area contributed by atoms with E-state index >= 15 is 0 Å². The lowest BCUT2D eigenvalue weighted by atomic mass is 10.3. The molecule has 1 aromatic heterocycles. The lowest BCUT2D eigenvalue weighted by Crippen LogP contribution is -2.37. The van der Waals surface area contributed by atoms with Crippen molar-refractivity contribution in [3.63, 3.8) is 0 Å². The summed E-state index contributed by atoms with van der Waals surface area (Å²) in [5, 5.41) is 6.41. The molecule has 4 bridgehead atoms. The van der Waals surface area contributed by atoms with Crippen molar-refractivity contribution in [3.05, 3.63) is 30.5 Å². The zero-order chi connectivity index (χ0) is 18.7. The first-order valence-corrected chi connectivity index (χ1v) is 10.4. The van der Waals surface area contributed by atoms with Crippen molar-refractivity contribution in [2.45, 2.75) is 11.3 Å². The summed E-state index contributed by atoms with van der Waals surface area (Å²) in [4.78, 5) is 11.4. The highest BCUT2D eigenvalue weighted by Crippen LogP contribution is 2.27. The Morgan fingerprint density at radius 3 is 2.85 bits per heavy atom. The Kier molecular flexibility index (Phi) is 5.10. The van der Waals surface area contributed by atoms with E-state index in [-0.39, 0.29) is 4.90 Å². The fourth-order valence-corrected chi connectivity index (χ4v) is 4.18. The van der Waals surface area contributed by atoms with Crippen LogP contribution in [0.2, 0.25) is 0 Å². The second-order valence-electron chi connectivity index (χ2n) is 6.36. The monoisotopic (exact) mass is 390 g/mol. The molecule has 2 aliphatic heterocycles. The average molecular weight is 390 g/mol. The lowest BCUT2D eigenvalue weighted by molar-refractivity contribution is 0.122. The van der Waals surface area contributed by atoms with Gasteiger partial charge in [-0.1, -0.05) is 6.07 Å². The Bertz CT molecular complexity index is 915. The van der Waals surface area contributed by atoms with Gasteiger partial charge in [0.1, 0.15) is 0 Å². The summed E-state index contributed by atoms with van der Waals surface area (Å²) in [6.45, 7) is 3.85. The minimum absolute atomic E-state index is 0.213. The molecule has 1 saturated heterocycles. The van der Waals surface area contributed by atoms with Gasteiger partial charge in [-0.05, 0) is 24.6 Å². The highest BCUT2D eigenvalue weighted by Gasteiger charge is 2.19. The summed E-state index contributed by atoms with van der Waals surface area (Å²) >= 11 is 0. The molecule has 10 heteroatoms. The number of morpholine rings is 1. The largest absolute Gasteiger partial charge is 0.378 e. The molecule has 4 rings (SSSR count). The molecular formula is C17H22N6O3S. The van der Waals surface area contributed by atoms with Crippen molar-refractivity contribution in [3.8, 4) is 0 Å². The summed E-state index contributed by atoms with van der Waals surface area (Å²) in [6, 6.07) is 6.62. The second-order valence-corrected chi connectivity index (χ2v) is 8.12. The van der Waals surface area contributed by atoms with Gasteiger partial charge in [-0.25, -0.2) is 18.1 Å². The summed E-state index contributed by atoms with van der Waals surface area (Å²) in [5.74, 6) is 1.14. The molecule has 0 atom stereocenters. The van der Waals surface area contributed by atoms with Crippen LogP contribution in [0.4, 0.5) is 23.1 Å². The Labute approximate surface area is 158 Å². The van der Waals surface area contributed by atoms with Crippen LogP contribution in [0, 0.1) is 0 Å².